The van der Waals surface area contributed by atoms with E-state index >= 15 is 0 Å². The van der Waals surface area contributed by atoms with Crippen LogP contribution < -0.4 is 10.6 Å². The number of halogens is 1. The zero-order valence-electron chi connectivity index (χ0n) is 10.5. The highest BCUT2D eigenvalue weighted by Gasteiger charge is 2.01. The molecule has 0 heterocycles. The molecule has 2 N–H and O–H groups in total. The van der Waals surface area contributed by atoms with Crippen molar-refractivity contribution in [1.82, 2.24) is 10.6 Å². The summed E-state index contributed by atoms with van der Waals surface area (Å²) in [6, 6.07) is 0. The number of sulfone groups is 1. The number of nitrogens with zero attached hydrogens (tertiary/aromatic N) is 1. The highest BCUT2D eigenvalue weighted by atomic mass is 127. The maximum atomic E-state index is 10.9. The van der Waals surface area contributed by atoms with Gasteiger partial charge in [0.2, 0.25) is 0 Å². The van der Waals surface area contributed by atoms with Crippen molar-refractivity contribution in [3.05, 3.63) is 0 Å². The third-order valence-electron chi connectivity index (χ3n) is 1.81. The molecule has 0 aliphatic rings. The second kappa shape index (κ2) is 11.0. The maximum Gasteiger partial charge on any atom is 0.191 e. The molecule has 0 amide bonds. The van der Waals surface area contributed by atoms with Crippen molar-refractivity contribution in [2.45, 2.75) is 6.42 Å². The van der Waals surface area contributed by atoms with Gasteiger partial charge in [-0.3, -0.25) is 4.99 Å². The lowest BCUT2D eigenvalue weighted by molar-refractivity contribution is 0.203. The molecule has 0 aromatic rings. The van der Waals surface area contributed by atoms with Crippen LogP contribution in [0, 0.1) is 0 Å². The Morgan fingerprint density at radius 3 is 2.35 bits per heavy atom. The highest BCUT2D eigenvalue weighted by molar-refractivity contribution is 14.0. The Bertz CT molecular complexity index is 307. The molecular formula is C9H22IN3O3S. The van der Waals surface area contributed by atoms with E-state index in [-0.39, 0.29) is 29.7 Å². The van der Waals surface area contributed by atoms with Gasteiger partial charge in [-0.2, -0.15) is 0 Å². The zero-order chi connectivity index (χ0) is 12.4. The predicted octanol–water partition coefficient (Wildman–Crippen LogP) is -0.150. The lowest BCUT2D eigenvalue weighted by atomic mass is 10.5. The van der Waals surface area contributed by atoms with Gasteiger partial charge in [-0.05, 0) is 6.42 Å². The van der Waals surface area contributed by atoms with Gasteiger partial charge < -0.3 is 15.4 Å². The Kier molecular flexibility index (Phi) is 12.5. The van der Waals surface area contributed by atoms with Gasteiger partial charge in [0.05, 0.1) is 12.4 Å². The molecule has 0 spiro atoms. The van der Waals surface area contributed by atoms with E-state index < -0.39 is 9.84 Å². The summed E-state index contributed by atoms with van der Waals surface area (Å²) in [7, 11) is 0.424. The smallest absolute Gasteiger partial charge is 0.191 e. The molecule has 0 bridgehead atoms. The summed E-state index contributed by atoms with van der Waals surface area (Å²) >= 11 is 0. The number of hydrogen-bond acceptors (Lipinski definition) is 4. The Balaban J connectivity index is 0. The maximum absolute atomic E-state index is 10.9. The predicted molar refractivity (Wildman–Crippen MR) is 81.0 cm³/mol. The van der Waals surface area contributed by atoms with Gasteiger partial charge in [-0.25, -0.2) is 8.42 Å². The quantitative estimate of drug-likeness (QED) is 0.278. The van der Waals surface area contributed by atoms with Gasteiger partial charge in [-0.1, -0.05) is 0 Å². The van der Waals surface area contributed by atoms with Crippen molar-refractivity contribution >= 4 is 39.8 Å². The van der Waals surface area contributed by atoms with E-state index in [1.54, 1.807) is 14.2 Å². The second-order valence-corrected chi connectivity index (χ2v) is 5.66. The summed E-state index contributed by atoms with van der Waals surface area (Å²) in [6.45, 7) is 1.85. The van der Waals surface area contributed by atoms with Crippen LogP contribution in [0.5, 0.6) is 0 Å². The molecule has 0 atom stereocenters. The first kappa shape index (κ1) is 19.3. The van der Waals surface area contributed by atoms with Crippen molar-refractivity contribution in [2.24, 2.45) is 4.99 Å². The van der Waals surface area contributed by atoms with Crippen LogP contribution in [0.4, 0.5) is 0 Å². The fourth-order valence-electron chi connectivity index (χ4n) is 1.03. The molecule has 0 rings (SSSR count). The average Bonchev–Trinajstić information content (AvgIpc) is 2.20. The molecule has 8 heteroatoms. The van der Waals surface area contributed by atoms with E-state index in [0.29, 0.717) is 32.1 Å². The molecule has 0 radical (unpaired) electrons. The number of rotatable bonds is 7. The molecule has 104 valence electrons. The Morgan fingerprint density at radius 1 is 1.29 bits per heavy atom. The van der Waals surface area contributed by atoms with Gasteiger partial charge in [-0.15, -0.1) is 24.0 Å². The van der Waals surface area contributed by atoms with Crippen LogP contribution in [-0.4, -0.2) is 60.2 Å². The Morgan fingerprint density at radius 2 is 1.88 bits per heavy atom. The largest absolute Gasteiger partial charge is 0.383 e. The fraction of sp³-hybridized carbons (Fsp3) is 0.889. The van der Waals surface area contributed by atoms with Crippen molar-refractivity contribution in [3.63, 3.8) is 0 Å². The number of ether oxygens (including phenoxy) is 1. The third-order valence-corrected chi connectivity index (χ3v) is 2.84. The van der Waals surface area contributed by atoms with Gasteiger partial charge in [0.25, 0.3) is 0 Å². The number of nitrogens with one attached hydrogen (secondary N) is 2. The molecule has 0 saturated carbocycles. The first-order valence-corrected chi connectivity index (χ1v) is 7.17. The van der Waals surface area contributed by atoms with Crippen LogP contribution in [-0.2, 0) is 14.6 Å². The normalized spacial score (nSPS) is 11.8. The number of methoxy groups -OCH3 is 1. The van der Waals surface area contributed by atoms with E-state index in [9.17, 15) is 8.42 Å². The minimum absolute atomic E-state index is 0. The average molecular weight is 379 g/mol. The van der Waals surface area contributed by atoms with Crippen molar-refractivity contribution in [1.29, 1.82) is 0 Å². The first-order valence-electron chi connectivity index (χ1n) is 5.11. The third kappa shape index (κ3) is 13.8. The van der Waals surface area contributed by atoms with Crippen LogP contribution in [0.2, 0.25) is 0 Å². The fourth-order valence-corrected chi connectivity index (χ4v) is 1.70. The molecule has 0 aromatic heterocycles. The molecular weight excluding hydrogens is 357 g/mol. The van der Waals surface area contributed by atoms with Gasteiger partial charge in [0.1, 0.15) is 9.84 Å². The van der Waals surface area contributed by atoms with E-state index in [1.165, 1.54) is 6.26 Å². The van der Waals surface area contributed by atoms with Gasteiger partial charge >= 0.3 is 0 Å². The van der Waals surface area contributed by atoms with Crippen molar-refractivity contribution in [2.75, 3.05) is 45.9 Å². The van der Waals surface area contributed by atoms with Crippen molar-refractivity contribution in [3.8, 4) is 0 Å². The van der Waals surface area contributed by atoms with Crippen LogP contribution in [0.25, 0.3) is 0 Å². The minimum Gasteiger partial charge on any atom is -0.383 e. The number of aliphatic imine (C=N–C) groups is 1. The number of hydrogen-bond donors (Lipinski definition) is 2. The van der Waals surface area contributed by atoms with E-state index in [4.69, 9.17) is 4.74 Å². The van der Waals surface area contributed by atoms with Crippen molar-refractivity contribution < 1.29 is 13.2 Å². The summed E-state index contributed by atoms with van der Waals surface area (Å²) in [5, 5.41) is 6.05. The first-order chi connectivity index (χ1) is 7.49. The second-order valence-electron chi connectivity index (χ2n) is 3.40. The van der Waals surface area contributed by atoms with E-state index in [0.717, 1.165) is 0 Å². The topological polar surface area (TPSA) is 79.8 Å². The van der Waals surface area contributed by atoms with Crippen LogP contribution in [0.1, 0.15) is 6.42 Å². The Hall–Kier alpha value is -0.0900. The standard InChI is InChI=1S/C9H21N3O3S.HI/c1-10-9(12-6-7-15-2)11-5-4-8-16(3,13)14;/h4-8H2,1-3H3,(H2,10,11,12);1H. The summed E-state index contributed by atoms with van der Waals surface area (Å²) in [5.41, 5.74) is 0. The van der Waals surface area contributed by atoms with Gasteiger partial charge in [0, 0.05) is 33.5 Å². The molecule has 0 aliphatic heterocycles. The van der Waals surface area contributed by atoms with Crippen LogP contribution in [0.15, 0.2) is 4.99 Å². The molecule has 0 fully saturated rings. The number of guanidine groups is 1. The lowest BCUT2D eigenvalue weighted by Crippen LogP contribution is -2.39. The SMILES string of the molecule is CN=C(NCCCS(C)(=O)=O)NCCOC.I. The molecule has 0 aliphatic carbocycles. The molecule has 0 unspecified atom stereocenters. The zero-order valence-corrected chi connectivity index (χ0v) is 13.7. The summed E-state index contributed by atoms with van der Waals surface area (Å²) in [5.74, 6) is 0.847. The summed E-state index contributed by atoms with van der Waals surface area (Å²) < 4.78 is 26.6. The monoisotopic (exact) mass is 379 g/mol. The molecule has 0 saturated heterocycles. The van der Waals surface area contributed by atoms with Crippen LogP contribution in [0.3, 0.4) is 0 Å². The Labute approximate surface area is 121 Å². The van der Waals surface area contributed by atoms with Crippen LogP contribution >= 0.6 is 24.0 Å². The molecule has 6 nitrogen and oxygen atoms in total. The molecule has 0 aromatic carbocycles. The molecule has 17 heavy (non-hydrogen) atoms. The van der Waals surface area contributed by atoms with E-state index in [1.807, 2.05) is 0 Å². The highest BCUT2D eigenvalue weighted by Crippen LogP contribution is 1.86. The summed E-state index contributed by atoms with van der Waals surface area (Å²) in [6.07, 6.45) is 1.81. The lowest BCUT2D eigenvalue weighted by Gasteiger charge is -2.10. The minimum atomic E-state index is -2.87. The van der Waals surface area contributed by atoms with Gasteiger partial charge in [0.15, 0.2) is 5.96 Å². The van der Waals surface area contributed by atoms with E-state index in [2.05, 4.69) is 15.6 Å². The summed E-state index contributed by atoms with van der Waals surface area (Å²) in [4.78, 5) is 3.98.